The zero-order chi connectivity index (χ0) is 23.4. The van der Waals surface area contributed by atoms with E-state index in [1.54, 1.807) is 0 Å². The first-order valence-electron chi connectivity index (χ1n) is 10.4. The van der Waals surface area contributed by atoms with Crippen molar-refractivity contribution in [2.45, 2.75) is 19.0 Å². The van der Waals surface area contributed by atoms with E-state index in [0.29, 0.717) is 17.6 Å². The molecule has 4 aromatic rings. The summed E-state index contributed by atoms with van der Waals surface area (Å²) in [6.45, 7) is 0.573. The number of benzene rings is 2. The fraction of sp³-hybridized carbons (Fsp3) is 0.200. The van der Waals surface area contributed by atoms with E-state index < -0.39 is 18.0 Å². The summed E-state index contributed by atoms with van der Waals surface area (Å²) in [5.74, 6) is -1.23. The monoisotopic (exact) mass is 444 g/mol. The third-order valence-electron chi connectivity index (χ3n) is 5.53. The second-order valence-corrected chi connectivity index (χ2v) is 7.54. The normalized spacial score (nSPS) is 11.8. The number of carbonyl (C=O) groups excluding carboxylic acids is 2. The first-order valence-corrected chi connectivity index (χ1v) is 10.4. The standard InChI is InChI=1S/C25H24N4O4/c1-32-21(30)13-20(25(31)33-2)29-16-27-24-22(23(29)26)19(18-11-7-4-8-12-18)15-28(24)14-17-9-5-3-6-10-17/h3-12,15-16,20,26H,13-14H2,1-2H3. The lowest BCUT2D eigenvalue weighted by Gasteiger charge is -2.17. The molecule has 0 amide bonds. The van der Waals surface area contributed by atoms with Crippen molar-refractivity contribution in [2.75, 3.05) is 14.2 Å². The molecule has 8 nitrogen and oxygen atoms in total. The van der Waals surface area contributed by atoms with Gasteiger partial charge in [0.25, 0.3) is 0 Å². The maximum atomic E-state index is 12.5. The molecule has 168 valence electrons. The van der Waals surface area contributed by atoms with E-state index in [-0.39, 0.29) is 11.9 Å². The van der Waals surface area contributed by atoms with Gasteiger partial charge in [-0.05, 0) is 11.1 Å². The number of hydrogen-bond acceptors (Lipinski definition) is 6. The summed E-state index contributed by atoms with van der Waals surface area (Å²) in [4.78, 5) is 29.0. The molecule has 1 atom stereocenters. The second kappa shape index (κ2) is 9.52. The first-order chi connectivity index (χ1) is 16.0. The molecule has 0 aliphatic rings. The van der Waals surface area contributed by atoms with Gasteiger partial charge in [-0.1, -0.05) is 60.7 Å². The van der Waals surface area contributed by atoms with E-state index in [1.807, 2.05) is 71.4 Å². The van der Waals surface area contributed by atoms with Gasteiger partial charge in [0.2, 0.25) is 0 Å². The molecule has 4 rings (SSSR count). The lowest BCUT2D eigenvalue weighted by Crippen LogP contribution is -2.33. The molecule has 33 heavy (non-hydrogen) atoms. The number of ether oxygens (including phenoxy) is 2. The Morgan fingerprint density at radius 2 is 1.67 bits per heavy atom. The van der Waals surface area contributed by atoms with E-state index in [1.165, 1.54) is 25.1 Å². The van der Waals surface area contributed by atoms with Crippen LogP contribution < -0.4 is 5.49 Å². The SMILES string of the molecule is COC(=O)CC(C(=O)OC)n1cnc2c(c(-c3ccccc3)cn2Cc2ccccc2)c1=N. The number of hydrogen-bond donors (Lipinski definition) is 1. The predicted molar refractivity (Wildman–Crippen MR) is 122 cm³/mol. The van der Waals surface area contributed by atoms with Crippen LogP contribution in [-0.2, 0) is 25.6 Å². The molecule has 0 saturated heterocycles. The van der Waals surface area contributed by atoms with Gasteiger partial charge >= 0.3 is 11.9 Å². The molecule has 0 aliphatic heterocycles. The van der Waals surface area contributed by atoms with Crippen molar-refractivity contribution in [3.63, 3.8) is 0 Å². The topological polar surface area (TPSA) is 99.2 Å². The quantitative estimate of drug-likeness (QED) is 0.441. The van der Waals surface area contributed by atoms with Crippen molar-refractivity contribution < 1.29 is 19.1 Å². The van der Waals surface area contributed by atoms with Crippen molar-refractivity contribution in [3.8, 4) is 11.1 Å². The van der Waals surface area contributed by atoms with Gasteiger partial charge in [0, 0.05) is 18.3 Å². The van der Waals surface area contributed by atoms with Crippen LogP contribution in [0.3, 0.4) is 0 Å². The molecule has 2 aromatic carbocycles. The van der Waals surface area contributed by atoms with Gasteiger partial charge in [-0.15, -0.1) is 0 Å². The zero-order valence-corrected chi connectivity index (χ0v) is 18.4. The van der Waals surface area contributed by atoms with Gasteiger partial charge in [-0.25, -0.2) is 9.78 Å². The molecule has 2 heterocycles. The Kier molecular flexibility index (Phi) is 6.35. The van der Waals surface area contributed by atoms with E-state index in [0.717, 1.165) is 16.7 Å². The fourth-order valence-electron chi connectivity index (χ4n) is 3.87. The number of rotatable bonds is 7. The van der Waals surface area contributed by atoms with E-state index in [4.69, 9.17) is 14.9 Å². The summed E-state index contributed by atoms with van der Waals surface area (Å²) in [6.07, 6.45) is 3.11. The molecule has 2 aromatic heterocycles. The summed E-state index contributed by atoms with van der Waals surface area (Å²) in [5, 5.41) is 9.55. The zero-order valence-electron chi connectivity index (χ0n) is 18.4. The van der Waals surface area contributed by atoms with Gasteiger partial charge in [0.1, 0.15) is 17.2 Å². The highest BCUT2D eigenvalue weighted by Crippen LogP contribution is 2.28. The van der Waals surface area contributed by atoms with E-state index in [9.17, 15) is 9.59 Å². The minimum absolute atomic E-state index is 0.0602. The number of carbonyl (C=O) groups is 2. The number of nitrogens with zero attached hydrogens (tertiary/aromatic N) is 3. The molecule has 0 spiro atoms. The van der Waals surface area contributed by atoms with E-state index >= 15 is 0 Å². The lowest BCUT2D eigenvalue weighted by atomic mass is 10.1. The number of aromatic nitrogens is 3. The molecule has 0 bridgehead atoms. The van der Waals surface area contributed by atoms with Crippen LogP contribution in [0.25, 0.3) is 22.2 Å². The Morgan fingerprint density at radius 1 is 1.00 bits per heavy atom. The van der Waals surface area contributed by atoms with Crippen LogP contribution in [0, 0.1) is 5.41 Å². The highest BCUT2D eigenvalue weighted by atomic mass is 16.5. The smallest absolute Gasteiger partial charge is 0.329 e. The van der Waals surface area contributed by atoms with Crippen LogP contribution in [0.4, 0.5) is 0 Å². The molecule has 1 N–H and O–H groups in total. The Hall–Kier alpha value is -4.20. The molecule has 0 saturated carbocycles. The van der Waals surface area contributed by atoms with Gasteiger partial charge < -0.3 is 18.6 Å². The largest absolute Gasteiger partial charge is 0.469 e. The summed E-state index contributed by atoms with van der Waals surface area (Å²) in [7, 11) is 2.50. The van der Waals surface area contributed by atoms with Gasteiger partial charge in [-0.2, -0.15) is 0 Å². The summed E-state index contributed by atoms with van der Waals surface area (Å²) < 4.78 is 13.0. The average Bonchev–Trinajstić information content (AvgIpc) is 3.22. The van der Waals surface area contributed by atoms with Gasteiger partial charge in [-0.3, -0.25) is 10.2 Å². The first kappa shape index (κ1) is 22.0. The number of esters is 2. The van der Waals surface area contributed by atoms with Crippen LogP contribution in [0.5, 0.6) is 0 Å². The number of fused-ring (bicyclic) bond motifs is 1. The average molecular weight is 444 g/mol. The summed E-state index contributed by atoms with van der Waals surface area (Å²) in [6, 6.07) is 18.6. The Bertz CT molecular complexity index is 1340. The summed E-state index contributed by atoms with van der Waals surface area (Å²) in [5.41, 5.74) is 3.50. The Morgan fingerprint density at radius 3 is 2.30 bits per heavy atom. The second-order valence-electron chi connectivity index (χ2n) is 7.54. The maximum Gasteiger partial charge on any atom is 0.329 e. The van der Waals surface area contributed by atoms with E-state index in [2.05, 4.69) is 4.98 Å². The number of methoxy groups -OCH3 is 2. The lowest BCUT2D eigenvalue weighted by molar-refractivity contribution is -0.151. The number of nitrogens with one attached hydrogen (secondary N) is 1. The van der Waals surface area contributed by atoms with Gasteiger partial charge in [0.15, 0.2) is 0 Å². The van der Waals surface area contributed by atoms with Crippen molar-refractivity contribution in [2.24, 2.45) is 0 Å². The van der Waals surface area contributed by atoms with Crippen molar-refractivity contribution >= 4 is 23.0 Å². The molecule has 8 heteroatoms. The summed E-state index contributed by atoms with van der Waals surface area (Å²) >= 11 is 0. The van der Waals surface area contributed by atoms with Crippen molar-refractivity contribution in [1.82, 2.24) is 14.1 Å². The van der Waals surface area contributed by atoms with Crippen molar-refractivity contribution in [1.29, 1.82) is 5.41 Å². The Balaban J connectivity index is 1.92. The van der Waals surface area contributed by atoms with Crippen LogP contribution in [-0.4, -0.2) is 40.3 Å². The van der Waals surface area contributed by atoms with Crippen LogP contribution in [0.2, 0.25) is 0 Å². The highest BCUT2D eigenvalue weighted by Gasteiger charge is 2.27. The van der Waals surface area contributed by atoms with Crippen LogP contribution >= 0.6 is 0 Å². The molecular formula is C25H24N4O4. The molecule has 0 aliphatic carbocycles. The Labute approximate surface area is 190 Å². The molecule has 0 fully saturated rings. The maximum absolute atomic E-state index is 12.5. The molecule has 0 radical (unpaired) electrons. The molecule has 1 unspecified atom stereocenters. The van der Waals surface area contributed by atoms with Crippen molar-refractivity contribution in [3.05, 3.63) is 84.2 Å². The minimum Gasteiger partial charge on any atom is -0.469 e. The minimum atomic E-state index is -1.06. The third-order valence-corrected chi connectivity index (χ3v) is 5.53. The highest BCUT2D eigenvalue weighted by molar-refractivity contribution is 5.93. The van der Waals surface area contributed by atoms with Crippen LogP contribution in [0.1, 0.15) is 18.0 Å². The fourth-order valence-corrected chi connectivity index (χ4v) is 3.87. The van der Waals surface area contributed by atoms with Crippen LogP contribution in [0.15, 0.2) is 73.2 Å². The predicted octanol–water partition coefficient (Wildman–Crippen LogP) is 3.31. The molecular weight excluding hydrogens is 420 g/mol. The van der Waals surface area contributed by atoms with Gasteiger partial charge in [0.05, 0.1) is 32.4 Å². The third kappa shape index (κ3) is 4.41.